The zero-order valence-electron chi connectivity index (χ0n) is 11.3. The van der Waals surface area contributed by atoms with Crippen molar-refractivity contribution in [3.63, 3.8) is 0 Å². The van der Waals surface area contributed by atoms with Crippen molar-refractivity contribution >= 4 is 28.3 Å². The van der Waals surface area contributed by atoms with Crippen LogP contribution in [0.4, 0.5) is 0 Å². The standard InChI is InChI=1S/C18H12ClNO/c19-17-13-7-3-4-8-14(13)20-15-10-9-11-5-1-2-6-12(11)18(21)16(15)17/h1-8H,9-10H2. The number of carbonyl (C=O) groups is 1. The van der Waals surface area contributed by atoms with Crippen molar-refractivity contribution in [2.75, 3.05) is 0 Å². The number of benzene rings is 2. The molecule has 0 radical (unpaired) electrons. The van der Waals surface area contributed by atoms with Crippen LogP contribution in [0.2, 0.25) is 5.02 Å². The normalized spacial score (nSPS) is 13.7. The van der Waals surface area contributed by atoms with E-state index in [4.69, 9.17) is 11.6 Å². The number of aryl methyl sites for hydroxylation is 2. The molecule has 0 aliphatic heterocycles. The van der Waals surface area contributed by atoms with Crippen LogP contribution in [0.15, 0.2) is 48.5 Å². The molecule has 0 unspecified atom stereocenters. The van der Waals surface area contributed by atoms with Gasteiger partial charge < -0.3 is 0 Å². The Hall–Kier alpha value is -2.19. The van der Waals surface area contributed by atoms with E-state index in [9.17, 15) is 4.79 Å². The van der Waals surface area contributed by atoms with Crippen LogP contribution in [0.5, 0.6) is 0 Å². The number of hydrogen-bond donors (Lipinski definition) is 0. The summed E-state index contributed by atoms with van der Waals surface area (Å²) in [6, 6.07) is 15.4. The summed E-state index contributed by atoms with van der Waals surface area (Å²) in [5.41, 5.74) is 4.04. The van der Waals surface area contributed by atoms with Crippen LogP contribution in [-0.4, -0.2) is 10.8 Å². The van der Waals surface area contributed by atoms with Crippen molar-refractivity contribution in [3.8, 4) is 0 Å². The van der Waals surface area contributed by atoms with E-state index in [1.807, 2.05) is 48.5 Å². The summed E-state index contributed by atoms with van der Waals surface area (Å²) < 4.78 is 0. The molecule has 0 saturated heterocycles. The van der Waals surface area contributed by atoms with Gasteiger partial charge >= 0.3 is 0 Å². The fourth-order valence-corrected chi connectivity index (χ4v) is 3.33. The molecule has 1 aromatic heterocycles. The lowest BCUT2D eigenvalue weighted by Gasteiger charge is -2.10. The zero-order valence-corrected chi connectivity index (χ0v) is 12.0. The number of hydrogen-bond acceptors (Lipinski definition) is 2. The second-order valence-corrected chi connectivity index (χ2v) is 5.63. The minimum Gasteiger partial charge on any atom is -0.288 e. The van der Waals surface area contributed by atoms with Crippen LogP contribution in [0.1, 0.15) is 27.2 Å². The minimum absolute atomic E-state index is 0.0126. The van der Waals surface area contributed by atoms with Gasteiger partial charge in [0.2, 0.25) is 0 Å². The molecule has 102 valence electrons. The number of nitrogens with zero attached hydrogens (tertiary/aromatic N) is 1. The lowest BCUT2D eigenvalue weighted by atomic mass is 9.99. The first-order valence-electron chi connectivity index (χ1n) is 6.95. The maximum Gasteiger partial charge on any atom is 0.196 e. The molecule has 2 aromatic carbocycles. The van der Waals surface area contributed by atoms with E-state index in [1.165, 1.54) is 0 Å². The van der Waals surface area contributed by atoms with E-state index < -0.39 is 0 Å². The molecule has 3 aromatic rings. The Morgan fingerprint density at radius 1 is 0.952 bits per heavy atom. The predicted molar refractivity (Wildman–Crippen MR) is 84.0 cm³/mol. The second-order valence-electron chi connectivity index (χ2n) is 5.25. The lowest BCUT2D eigenvalue weighted by molar-refractivity contribution is 0.103. The Bertz CT molecular complexity index is 886. The molecule has 1 aliphatic rings. The SMILES string of the molecule is O=C1c2ccccc2CCc2nc3ccccc3c(Cl)c21. The number of rotatable bonds is 0. The molecule has 21 heavy (non-hydrogen) atoms. The topological polar surface area (TPSA) is 30.0 Å². The number of fused-ring (bicyclic) bond motifs is 3. The fraction of sp³-hybridized carbons (Fsp3) is 0.111. The molecular formula is C18H12ClNO. The van der Waals surface area contributed by atoms with Gasteiger partial charge in [-0.15, -0.1) is 0 Å². The van der Waals surface area contributed by atoms with Crippen molar-refractivity contribution in [2.24, 2.45) is 0 Å². The van der Waals surface area contributed by atoms with E-state index in [-0.39, 0.29) is 5.78 Å². The van der Waals surface area contributed by atoms with Gasteiger partial charge in [-0.3, -0.25) is 9.78 Å². The third-order valence-corrected chi connectivity index (χ3v) is 4.42. The summed E-state index contributed by atoms with van der Waals surface area (Å²) in [6.07, 6.45) is 1.55. The number of pyridine rings is 1. The van der Waals surface area contributed by atoms with Gasteiger partial charge in [-0.1, -0.05) is 54.1 Å². The molecule has 0 N–H and O–H groups in total. The molecule has 1 heterocycles. The molecule has 0 bridgehead atoms. The fourth-order valence-electron chi connectivity index (χ4n) is 2.98. The molecule has 2 nitrogen and oxygen atoms in total. The third-order valence-electron chi connectivity index (χ3n) is 4.02. The highest BCUT2D eigenvalue weighted by atomic mass is 35.5. The van der Waals surface area contributed by atoms with Crippen LogP contribution < -0.4 is 0 Å². The van der Waals surface area contributed by atoms with Crippen LogP contribution >= 0.6 is 11.6 Å². The van der Waals surface area contributed by atoms with Gasteiger partial charge in [0, 0.05) is 10.9 Å². The van der Waals surface area contributed by atoms with Gasteiger partial charge in [-0.25, -0.2) is 0 Å². The molecule has 1 aliphatic carbocycles. The molecule has 0 amide bonds. The summed E-state index contributed by atoms with van der Waals surface area (Å²) in [4.78, 5) is 17.5. The monoisotopic (exact) mass is 293 g/mol. The Balaban J connectivity index is 2.05. The van der Waals surface area contributed by atoms with Crippen LogP contribution in [0, 0.1) is 0 Å². The predicted octanol–water partition coefficient (Wildman–Crippen LogP) is 4.22. The van der Waals surface area contributed by atoms with Crippen LogP contribution in [0.3, 0.4) is 0 Å². The van der Waals surface area contributed by atoms with Gasteiger partial charge in [0.25, 0.3) is 0 Å². The summed E-state index contributed by atoms with van der Waals surface area (Å²) in [5.74, 6) is -0.0126. The van der Waals surface area contributed by atoms with Crippen molar-refractivity contribution in [1.29, 1.82) is 0 Å². The van der Waals surface area contributed by atoms with E-state index in [0.717, 1.165) is 40.6 Å². The highest BCUT2D eigenvalue weighted by molar-refractivity contribution is 6.39. The van der Waals surface area contributed by atoms with Crippen molar-refractivity contribution < 1.29 is 4.79 Å². The largest absolute Gasteiger partial charge is 0.288 e. The Morgan fingerprint density at radius 3 is 2.62 bits per heavy atom. The van der Waals surface area contributed by atoms with Gasteiger partial charge in [0.05, 0.1) is 21.8 Å². The molecule has 0 spiro atoms. The van der Waals surface area contributed by atoms with Crippen LogP contribution in [0.25, 0.3) is 10.9 Å². The molecule has 0 saturated carbocycles. The average molecular weight is 294 g/mol. The van der Waals surface area contributed by atoms with E-state index in [2.05, 4.69) is 4.98 Å². The zero-order chi connectivity index (χ0) is 14.4. The summed E-state index contributed by atoms with van der Waals surface area (Å²) in [6.45, 7) is 0. The number of halogens is 1. The van der Waals surface area contributed by atoms with Crippen molar-refractivity contribution in [3.05, 3.63) is 75.9 Å². The number of carbonyl (C=O) groups excluding carboxylic acids is 1. The van der Waals surface area contributed by atoms with Crippen molar-refractivity contribution in [1.82, 2.24) is 4.98 Å². The lowest BCUT2D eigenvalue weighted by Crippen LogP contribution is -2.07. The van der Waals surface area contributed by atoms with E-state index >= 15 is 0 Å². The van der Waals surface area contributed by atoms with E-state index in [0.29, 0.717) is 10.6 Å². The highest BCUT2D eigenvalue weighted by Crippen LogP contribution is 2.33. The van der Waals surface area contributed by atoms with E-state index in [1.54, 1.807) is 0 Å². The van der Waals surface area contributed by atoms with Crippen molar-refractivity contribution in [2.45, 2.75) is 12.8 Å². The first kappa shape index (κ1) is 12.5. The summed E-state index contributed by atoms with van der Waals surface area (Å²) >= 11 is 6.53. The quantitative estimate of drug-likeness (QED) is 0.621. The van der Waals surface area contributed by atoms with Crippen LogP contribution in [-0.2, 0) is 12.8 Å². The Labute approximate surface area is 127 Å². The highest BCUT2D eigenvalue weighted by Gasteiger charge is 2.25. The number of aromatic nitrogens is 1. The molecule has 0 atom stereocenters. The molecule has 0 fully saturated rings. The first-order chi connectivity index (χ1) is 10.3. The van der Waals surface area contributed by atoms with Gasteiger partial charge in [0.1, 0.15) is 0 Å². The maximum absolute atomic E-state index is 12.9. The number of para-hydroxylation sites is 1. The minimum atomic E-state index is -0.0126. The molecule has 3 heteroatoms. The van der Waals surface area contributed by atoms with Gasteiger partial charge in [-0.2, -0.15) is 0 Å². The average Bonchev–Trinajstić information content (AvgIpc) is 2.66. The van der Waals surface area contributed by atoms with Gasteiger partial charge in [0.15, 0.2) is 5.78 Å². The molecule has 4 rings (SSSR count). The summed E-state index contributed by atoms with van der Waals surface area (Å²) in [7, 11) is 0. The molecular weight excluding hydrogens is 282 g/mol. The first-order valence-corrected chi connectivity index (χ1v) is 7.33. The second kappa shape index (κ2) is 4.68. The smallest absolute Gasteiger partial charge is 0.196 e. The third kappa shape index (κ3) is 1.87. The Morgan fingerprint density at radius 2 is 1.71 bits per heavy atom. The Kier molecular flexibility index (Phi) is 2.79. The van der Waals surface area contributed by atoms with Gasteiger partial charge in [-0.05, 0) is 24.5 Å². The summed E-state index contributed by atoms with van der Waals surface area (Å²) in [5, 5.41) is 1.36. The number of ketones is 1. The maximum atomic E-state index is 12.9.